The summed E-state index contributed by atoms with van der Waals surface area (Å²) < 4.78 is 1.64. The van der Waals surface area contributed by atoms with E-state index in [1.54, 1.807) is 29.2 Å². The summed E-state index contributed by atoms with van der Waals surface area (Å²) in [5, 5.41) is 17.1. The number of aliphatic hydroxyl groups is 1. The number of hydrogen-bond donors (Lipinski definition) is 2. The van der Waals surface area contributed by atoms with Gasteiger partial charge in [0.15, 0.2) is 0 Å². The Hall–Kier alpha value is -1.85. The number of nitrogens with one attached hydrogen (secondary N) is 1. The molecule has 0 saturated heterocycles. The van der Waals surface area contributed by atoms with Crippen LogP contribution in [0.2, 0.25) is 5.02 Å². The molecule has 1 amide bonds. The minimum atomic E-state index is -0.106. The van der Waals surface area contributed by atoms with E-state index in [2.05, 4.69) is 10.4 Å². The Labute approximate surface area is 140 Å². The van der Waals surface area contributed by atoms with Crippen LogP contribution in [0.15, 0.2) is 36.7 Å². The van der Waals surface area contributed by atoms with Crippen LogP contribution in [0.25, 0.3) is 5.69 Å². The van der Waals surface area contributed by atoms with Crippen LogP contribution in [-0.2, 0) is 0 Å². The van der Waals surface area contributed by atoms with E-state index in [1.165, 1.54) is 0 Å². The number of hydrogen-bond acceptors (Lipinski definition) is 3. The summed E-state index contributed by atoms with van der Waals surface area (Å²) in [6.45, 7) is 0.243. The molecule has 0 atom stereocenters. The number of halogens is 1. The number of carbonyl (C=O) groups is 1. The predicted octanol–water partition coefficient (Wildman–Crippen LogP) is 2.81. The van der Waals surface area contributed by atoms with Crippen LogP contribution in [0.5, 0.6) is 0 Å². The van der Waals surface area contributed by atoms with E-state index in [0.717, 1.165) is 31.4 Å². The fourth-order valence-electron chi connectivity index (χ4n) is 2.96. The van der Waals surface area contributed by atoms with Gasteiger partial charge in [0.25, 0.3) is 5.91 Å². The average Bonchev–Trinajstić information content (AvgIpc) is 3.06. The first-order chi connectivity index (χ1) is 11.2. The molecule has 0 aliphatic heterocycles. The lowest BCUT2D eigenvalue weighted by atomic mass is 9.86. The van der Waals surface area contributed by atoms with Crippen LogP contribution in [0.1, 0.15) is 36.0 Å². The van der Waals surface area contributed by atoms with E-state index in [0.29, 0.717) is 16.5 Å². The van der Waals surface area contributed by atoms with Crippen molar-refractivity contribution < 1.29 is 9.90 Å². The normalized spacial score (nSPS) is 21.1. The Kier molecular flexibility index (Phi) is 4.98. The number of carbonyl (C=O) groups excluding carboxylic acids is 1. The fraction of sp³-hybridized carbons (Fsp3) is 0.412. The van der Waals surface area contributed by atoms with Crippen molar-refractivity contribution in [2.75, 3.05) is 6.61 Å². The zero-order valence-electron chi connectivity index (χ0n) is 12.8. The van der Waals surface area contributed by atoms with Crippen molar-refractivity contribution in [1.29, 1.82) is 0 Å². The monoisotopic (exact) mass is 333 g/mol. The molecule has 0 spiro atoms. The first-order valence-electron chi connectivity index (χ1n) is 7.88. The first kappa shape index (κ1) is 16.0. The second-order valence-corrected chi connectivity index (χ2v) is 6.46. The molecule has 0 unspecified atom stereocenters. The number of aliphatic hydroxyl groups excluding tert-OH is 1. The summed E-state index contributed by atoms with van der Waals surface area (Å²) in [5.41, 5.74) is 1.36. The molecule has 1 aliphatic rings. The zero-order chi connectivity index (χ0) is 16.2. The number of benzene rings is 1. The highest BCUT2D eigenvalue weighted by Crippen LogP contribution is 2.24. The molecule has 1 saturated carbocycles. The van der Waals surface area contributed by atoms with Crippen molar-refractivity contribution in [3.05, 3.63) is 47.2 Å². The topological polar surface area (TPSA) is 67.2 Å². The van der Waals surface area contributed by atoms with Gasteiger partial charge in [-0.2, -0.15) is 5.10 Å². The lowest BCUT2D eigenvalue weighted by Crippen LogP contribution is -2.37. The molecule has 122 valence electrons. The number of aromatic nitrogens is 2. The van der Waals surface area contributed by atoms with E-state index in [-0.39, 0.29) is 18.6 Å². The maximum absolute atomic E-state index is 12.3. The molecule has 1 aromatic heterocycles. The van der Waals surface area contributed by atoms with Gasteiger partial charge >= 0.3 is 0 Å². The summed E-state index contributed by atoms with van der Waals surface area (Å²) in [6, 6.07) is 7.51. The summed E-state index contributed by atoms with van der Waals surface area (Å²) in [5.74, 6) is 0.277. The summed E-state index contributed by atoms with van der Waals surface area (Å²) in [4.78, 5) is 12.3. The largest absolute Gasteiger partial charge is 0.396 e. The van der Waals surface area contributed by atoms with E-state index in [1.807, 2.05) is 12.1 Å². The highest BCUT2D eigenvalue weighted by molar-refractivity contribution is 6.30. The average molecular weight is 334 g/mol. The zero-order valence-corrected chi connectivity index (χ0v) is 13.5. The van der Waals surface area contributed by atoms with Gasteiger partial charge in [-0.15, -0.1) is 0 Å². The predicted molar refractivity (Wildman–Crippen MR) is 88.9 cm³/mol. The molecule has 1 aliphatic carbocycles. The fourth-order valence-corrected chi connectivity index (χ4v) is 3.14. The van der Waals surface area contributed by atoms with E-state index in [4.69, 9.17) is 16.7 Å². The van der Waals surface area contributed by atoms with Crippen molar-refractivity contribution >= 4 is 17.5 Å². The Balaban J connectivity index is 1.63. The molecule has 23 heavy (non-hydrogen) atoms. The van der Waals surface area contributed by atoms with Crippen LogP contribution in [0.4, 0.5) is 0 Å². The second-order valence-electron chi connectivity index (χ2n) is 6.03. The molecule has 1 aromatic carbocycles. The van der Waals surface area contributed by atoms with Crippen molar-refractivity contribution in [2.24, 2.45) is 5.92 Å². The molecule has 2 aromatic rings. The molecule has 2 N–H and O–H groups in total. The van der Waals surface area contributed by atoms with Gasteiger partial charge in [0.2, 0.25) is 0 Å². The third kappa shape index (κ3) is 3.92. The molecular formula is C17H20ClN3O2. The first-order valence-corrected chi connectivity index (χ1v) is 8.26. The van der Waals surface area contributed by atoms with Gasteiger partial charge < -0.3 is 10.4 Å². The van der Waals surface area contributed by atoms with Crippen molar-refractivity contribution in [3.8, 4) is 5.69 Å². The highest BCUT2D eigenvalue weighted by Gasteiger charge is 2.22. The summed E-state index contributed by atoms with van der Waals surface area (Å²) >= 11 is 5.98. The third-order valence-corrected chi connectivity index (χ3v) is 4.59. The molecule has 0 radical (unpaired) electrons. The van der Waals surface area contributed by atoms with Gasteiger partial charge in [-0.05, 0) is 49.8 Å². The molecule has 1 fully saturated rings. The number of amides is 1. The molecule has 6 heteroatoms. The smallest absolute Gasteiger partial charge is 0.254 e. The summed E-state index contributed by atoms with van der Waals surface area (Å²) in [6.07, 6.45) is 7.03. The van der Waals surface area contributed by atoms with E-state index >= 15 is 0 Å². The van der Waals surface area contributed by atoms with Crippen LogP contribution < -0.4 is 5.32 Å². The standard InChI is InChI=1S/C17H20ClN3O2/c18-14-2-1-3-16(8-14)21-10-13(9-19-21)17(23)20-15-6-4-12(11-22)5-7-15/h1-3,8-10,12,15,22H,4-7,11H2,(H,20,23). The molecule has 0 bridgehead atoms. The van der Waals surface area contributed by atoms with Crippen LogP contribution >= 0.6 is 11.6 Å². The number of rotatable bonds is 4. The Bertz CT molecular complexity index is 678. The van der Waals surface area contributed by atoms with Crippen molar-refractivity contribution in [3.63, 3.8) is 0 Å². The molecule has 1 heterocycles. The van der Waals surface area contributed by atoms with Gasteiger partial charge in [-0.25, -0.2) is 4.68 Å². The van der Waals surface area contributed by atoms with E-state index < -0.39 is 0 Å². The molecule has 3 rings (SSSR count). The number of nitrogens with zero attached hydrogens (tertiary/aromatic N) is 2. The van der Waals surface area contributed by atoms with Crippen LogP contribution in [0.3, 0.4) is 0 Å². The SMILES string of the molecule is O=C(NC1CCC(CO)CC1)c1cnn(-c2cccc(Cl)c2)c1. The third-order valence-electron chi connectivity index (χ3n) is 4.36. The lowest BCUT2D eigenvalue weighted by molar-refractivity contribution is 0.0914. The van der Waals surface area contributed by atoms with Gasteiger partial charge in [0, 0.05) is 23.9 Å². The van der Waals surface area contributed by atoms with E-state index in [9.17, 15) is 4.79 Å². The Morgan fingerprint density at radius 1 is 1.35 bits per heavy atom. The van der Waals surface area contributed by atoms with Gasteiger partial charge in [0.05, 0.1) is 17.4 Å². The van der Waals surface area contributed by atoms with Crippen LogP contribution in [-0.4, -0.2) is 33.4 Å². The highest BCUT2D eigenvalue weighted by atomic mass is 35.5. The second kappa shape index (κ2) is 7.15. The Morgan fingerprint density at radius 3 is 2.83 bits per heavy atom. The van der Waals surface area contributed by atoms with Crippen molar-refractivity contribution in [1.82, 2.24) is 15.1 Å². The lowest BCUT2D eigenvalue weighted by Gasteiger charge is -2.27. The van der Waals surface area contributed by atoms with Gasteiger partial charge in [-0.3, -0.25) is 4.79 Å². The minimum absolute atomic E-state index is 0.106. The quantitative estimate of drug-likeness (QED) is 0.904. The van der Waals surface area contributed by atoms with Gasteiger partial charge in [0.1, 0.15) is 0 Å². The van der Waals surface area contributed by atoms with Crippen LogP contribution in [0, 0.1) is 5.92 Å². The summed E-state index contributed by atoms with van der Waals surface area (Å²) in [7, 11) is 0. The maximum atomic E-state index is 12.3. The van der Waals surface area contributed by atoms with Gasteiger partial charge in [-0.1, -0.05) is 17.7 Å². The molecule has 5 nitrogen and oxygen atoms in total. The minimum Gasteiger partial charge on any atom is -0.396 e. The molecular weight excluding hydrogens is 314 g/mol. The Morgan fingerprint density at radius 2 is 2.13 bits per heavy atom. The van der Waals surface area contributed by atoms with Crippen molar-refractivity contribution in [2.45, 2.75) is 31.7 Å². The maximum Gasteiger partial charge on any atom is 0.254 e.